The summed E-state index contributed by atoms with van der Waals surface area (Å²) in [5, 5.41) is 14.3. The number of likely N-dealkylation sites (tertiary alicyclic amines) is 1. The number of hydrogen-bond donors (Lipinski definition) is 1. The van der Waals surface area contributed by atoms with Crippen molar-refractivity contribution in [2.75, 3.05) is 13.1 Å². The number of aromatic nitrogens is 2. The summed E-state index contributed by atoms with van der Waals surface area (Å²) in [5.41, 5.74) is 3.58. The van der Waals surface area contributed by atoms with Crippen LogP contribution in [0, 0.1) is 0 Å². The van der Waals surface area contributed by atoms with Crippen LogP contribution in [0.25, 0.3) is 5.69 Å². The Labute approximate surface area is 138 Å². The third-order valence-corrected chi connectivity index (χ3v) is 4.50. The Morgan fingerprint density at radius 2 is 1.91 bits per heavy atom. The van der Waals surface area contributed by atoms with Crippen molar-refractivity contribution in [2.24, 2.45) is 0 Å². The van der Waals surface area contributed by atoms with Gasteiger partial charge in [0.05, 0.1) is 17.5 Å². The Hall–Kier alpha value is -1.65. The lowest BCUT2D eigenvalue weighted by Gasteiger charge is -2.29. The van der Waals surface area contributed by atoms with Crippen molar-refractivity contribution in [3.63, 3.8) is 0 Å². The fourth-order valence-electron chi connectivity index (χ4n) is 3.00. The minimum absolute atomic E-state index is 0.0670. The second-order valence-corrected chi connectivity index (χ2v) is 7.57. The normalized spacial score (nSPS) is 17.6. The number of hydrogen-bond acceptors (Lipinski definition) is 3. The van der Waals surface area contributed by atoms with Crippen LogP contribution < -0.4 is 0 Å². The van der Waals surface area contributed by atoms with E-state index >= 15 is 0 Å². The molecule has 124 valence electrons. The second kappa shape index (κ2) is 6.46. The van der Waals surface area contributed by atoms with Crippen LogP contribution in [0.5, 0.6) is 0 Å². The van der Waals surface area contributed by atoms with Crippen LogP contribution >= 0.6 is 0 Å². The van der Waals surface area contributed by atoms with Gasteiger partial charge in [0, 0.05) is 31.2 Å². The molecule has 4 heteroatoms. The van der Waals surface area contributed by atoms with Gasteiger partial charge in [-0.15, -0.1) is 0 Å². The van der Waals surface area contributed by atoms with Crippen LogP contribution in [0.3, 0.4) is 0 Å². The van der Waals surface area contributed by atoms with Gasteiger partial charge in [0.15, 0.2) is 0 Å². The highest BCUT2D eigenvalue weighted by molar-refractivity contribution is 5.35. The monoisotopic (exact) mass is 313 g/mol. The van der Waals surface area contributed by atoms with Gasteiger partial charge in [0.2, 0.25) is 0 Å². The first-order chi connectivity index (χ1) is 10.9. The van der Waals surface area contributed by atoms with E-state index in [4.69, 9.17) is 5.10 Å². The van der Waals surface area contributed by atoms with Crippen LogP contribution in [0.1, 0.15) is 44.9 Å². The third-order valence-electron chi connectivity index (χ3n) is 4.50. The molecule has 1 N–H and O–H groups in total. The first-order valence-corrected chi connectivity index (χ1v) is 8.48. The second-order valence-electron chi connectivity index (χ2n) is 7.57. The Balaban J connectivity index is 1.73. The predicted octanol–water partition coefficient (Wildman–Crippen LogP) is 3.13. The van der Waals surface area contributed by atoms with Crippen molar-refractivity contribution in [1.82, 2.24) is 14.7 Å². The van der Waals surface area contributed by atoms with Crippen LogP contribution in [0.2, 0.25) is 0 Å². The van der Waals surface area contributed by atoms with E-state index in [-0.39, 0.29) is 11.5 Å². The maximum absolute atomic E-state index is 9.62. The zero-order valence-electron chi connectivity index (χ0n) is 14.4. The fraction of sp³-hybridized carbons (Fsp3) is 0.526. The summed E-state index contributed by atoms with van der Waals surface area (Å²) in [5.74, 6) is 0. The molecular weight excluding hydrogens is 286 g/mol. The van der Waals surface area contributed by atoms with Gasteiger partial charge < -0.3 is 5.11 Å². The molecule has 23 heavy (non-hydrogen) atoms. The van der Waals surface area contributed by atoms with Crippen molar-refractivity contribution in [3.8, 4) is 5.69 Å². The summed E-state index contributed by atoms with van der Waals surface area (Å²) in [6.45, 7) is 9.43. The Morgan fingerprint density at radius 3 is 2.57 bits per heavy atom. The van der Waals surface area contributed by atoms with Gasteiger partial charge in [0.1, 0.15) is 0 Å². The Kier molecular flexibility index (Phi) is 4.55. The molecule has 0 saturated carbocycles. The SMILES string of the molecule is CC(C)(C)c1ccn(-c2cccc(CN3CCC(O)CC3)c2)n1. The zero-order valence-corrected chi connectivity index (χ0v) is 14.4. The standard InChI is InChI=1S/C19H27N3O/c1-19(2,3)18-9-12-22(20-18)16-6-4-5-15(13-16)14-21-10-7-17(23)8-11-21/h4-6,9,12-13,17,23H,7-8,10-11,14H2,1-3H3. The van der Waals surface area contributed by atoms with E-state index in [1.165, 1.54) is 5.56 Å². The van der Waals surface area contributed by atoms with Gasteiger partial charge in [-0.3, -0.25) is 4.90 Å². The van der Waals surface area contributed by atoms with E-state index in [1.807, 2.05) is 10.9 Å². The van der Waals surface area contributed by atoms with Crippen LogP contribution in [-0.2, 0) is 12.0 Å². The van der Waals surface area contributed by atoms with Gasteiger partial charge in [-0.25, -0.2) is 4.68 Å². The van der Waals surface area contributed by atoms with Crippen molar-refractivity contribution in [2.45, 2.75) is 51.7 Å². The molecule has 0 spiro atoms. The molecule has 1 aromatic carbocycles. The summed E-state index contributed by atoms with van der Waals surface area (Å²) >= 11 is 0. The van der Waals surface area contributed by atoms with E-state index in [0.717, 1.165) is 43.9 Å². The molecular formula is C19H27N3O. The molecule has 4 nitrogen and oxygen atoms in total. The summed E-state index contributed by atoms with van der Waals surface area (Å²) in [7, 11) is 0. The predicted molar refractivity (Wildman–Crippen MR) is 92.8 cm³/mol. The molecule has 0 unspecified atom stereocenters. The quantitative estimate of drug-likeness (QED) is 0.946. The van der Waals surface area contributed by atoms with Gasteiger partial charge >= 0.3 is 0 Å². The maximum Gasteiger partial charge on any atom is 0.0682 e. The van der Waals surface area contributed by atoms with Crippen molar-refractivity contribution < 1.29 is 5.11 Å². The smallest absolute Gasteiger partial charge is 0.0682 e. The minimum atomic E-state index is -0.113. The summed E-state index contributed by atoms with van der Waals surface area (Å²) in [6.07, 6.45) is 3.69. The van der Waals surface area contributed by atoms with Gasteiger partial charge in [-0.05, 0) is 36.6 Å². The number of nitrogens with zero attached hydrogens (tertiary/aromatic N) is 3. The number of benzene rings is 1. The lowest BCUT2D eigenvalue weighted by molar-refractivity contribution is 0.0792. The molecule has 0 radical (unpaired) electrons. The molecule has 1 aliphatic heterocycles. The Bertz CT molecular complexity index is 649. The highest BCUT2D eigenvalue weighted by Gasteiger charge is 2.18. The van der Waals surface area contributed by atoms with Gasteiger partial charge in [-0.2, -0.15) is 5.10 Å². The Morgan fingerprint density at radius 1 is 1.17 bits per heavy atom. The van der Waals surface area contributed by atoms with E-state index < -0.39 is 0 Å². The van der Waals surface area contributed by atoms with Crippen molar-refractivity contribution in [3.05, 3.63) is 47.8 Å². The average molecular weight is 313 g/mol. The molecule has 3 rings (SSSR count). The highest BCUT2D eigenvalue weighted by atomic mass is 16.3. The zero-order chi connectivity index (χ0) is 16.4. The van der Waals surface area contributed by atoms with E-state index in [0.29, 0.717) is 0 Å². The molecule has 0 bridgehead atoms. The molecule has 1 saturated heterocycles. The number of aliphatic hydroxyl groups excluding tert-OH is 1. The number of rotatable bonds is 3. The van der Waals surface area contributed by atoms with Crippen LogP contribution in [0.4, 0.5) is 0 Å². The lowest BCUT2D eigenvalue weighted by atomic mass is 9.93. The van der Waals surface area contributed by atoms with E-state index in [9.17, 15) is 5.11 Å². The first-order valence-electron chi connectivity index (χ1n) is 8.48. The summed E-state index contributed by atoms with van der Waals surface area (Å²) < 4.78 is 1.96. The number of piperidine rings is 1. The van der Waals surface area contributed by atoms with E-state index in [1.54, 1.807) is 0 Å². The largest absolute Gasteiger partial charge is 0.393 e. The average Bonchev–Trinajstić information content (AvgIpc) is 3.00. The fourth-order valence-corrected chi connectivity index (χ4v) is 3.00. The molecule has 2 heterocycles. The van der Waals surface area contributed by atoms with Crippen molar-refractivity contribution in [1.29, 1.82) is 0 Å². The number of aliphatic hydroxyl groups is 1. The maximum atomic E-state index is 9.62. The van der Waals surface area contributed by atoms with E-state index in [2.05, 4.69) is 56.0 Å². The molecule has 1 fully saturated rings. The summed E-state index contributed by atoms with van der Waals surface area (Å²) in [4.78, 5) is 2.41. The lowest BCUT2D eigenvalue weighted by Crippen LogP contribution is -2.35. The third kappa shape index (κ3) is 4.01. The summed E-state index contributed by atoms with van der Waals surface area (Å²) in [6, 6.07) is 10.7. The molecule has 1 aromatic heterocycles. The van der Waals surface area contributed by atoms with Crippen LogP contribution in [0.15, 0.2) is 36.5 Å². The molecule has 1 aliphatic rings. The van der Waals surface area contributed by atoms with Crippen LogP contribution in [-0.4, -0.2) is 39.0 Å². The van der Waals surface area contributed by atoms with Gasteiger partial charge in [0.25, 0.3) is 0 Å². The molecule has 0 aliphatic carbocycles. The van der Waals surface area contributed by atoms with Gasteiger partial charge in [-0.1, -0.05) is 32.9 Å². The minimum Gasteiger partial charge on any atom is -0.393 e. The first kappa shape index (κ1) is 16.2. The molecule has 0 amide bonds. The molecule has 2 aromatic rings. The molecule has 0 atom stereocenters. The topological polar surface area (TPSA) is 41.3 Å². The van der Waals surface area contributed by atoms with Crippen molar-refractivity contribution >= 4 is 0 Å². The highest BCUT2D eigenvalue weighted by Crippen LogP contribution is 2.21.